The molecule has 0 saturated heterocycles. The third-order valence-corrected chi connectivity index (χ3v) is 4.59. The van der Waals surface area contributed by atoms with Gasteiger partial charge in [-0.1, -0.05) is 18.2 Å². The molecular weight excluding hydrogens is 378 g/mol. The molecule has 2 rings (SSSR count). The molecule has 148 valence electrons. The number of rotatable bonds is 8. The molecule has 2 aromatic carbocycles. The van der Waals surface area contributed by atoms with Gasteiger partial charge in [0.15, 0.2) is 11.5 Å². The molecule has 2 N–H and O–H groups in total. The van der Waals surface area contributed by atoms with Crippen LogP contribution in [0.15, 0.2) is 52.5 Å². The molecule has 2 amide bonds. The fourth-order valence-corrected chi connectivity index (χ4v) is 2.75. The van der Waals surface area contributed by atoms with Crippen LogP contribution in [-0.4, -0.2) is 45.0 Å². The summed E-state index contributed by atoms with van der Waals surface area (Å²) in [5.41, 5.74) is 3.99. The fourth-order valence-electron chi connectivity index (χ4n) is 2.34. The van der Waals surface area contributed by atoms with Crippen LogP contribution < -0.4 is 20.2 Å². The van der Waals surface area contributed by atoms with Gasteiger partial charge in [-0.15, -0.1) is 11.8 Å². The van der Waals surface area contributed by atoms with Gasteiger partial charge in [0.1, 0.15) is 0 Å². The smallest absolute Gasteiger partial charge is 0.329 e. The first-order valence-electron chi connectivity index (χ1n) is 8.53. The number of ether oxygens (including phenoxy) is 2. The number of methoxy groups -OCH3 is 2. The SMILES string of the molecule is COc1ccc(CCNC(=O)C(=O)N/N=C\c2ccc(SC)cc2)cc1OC. The lowest BCUT2D eigenvalue weighted by atomic mass is 10.1. The number of hydrogen-bond donors (Lipinski definition) is 2. The Bertz CT molecular complexity index is 838. The average molecular weight is 401 g/mol. The lowest BCUT2D eigenvalue weighted by molar-refractivity contribution is -0.139. The van der Waals surface area contributed by atoms with Crippen LogP contribution in [0.1, 0.15) is 11.1 Å². The van der Waals surface area contributed by atoms with Crippen molar-refractivity contribution in [1.82, 2.24) is 10.7 Å². The Morgan fingerprint density at radius 2 is 1.75 bits per heavy atom. The molecule has 0 heterocycles. The molecule has 0 fully saturated rings. The van der Waals surface area contributed by atoms with Crippen LogP contribution in [0.2, 0.25) is 0 Å². The molecule has 0 aromatic heterocycles. The van der Waals surface area contributed by atoms with Crippen molar-refractivity contribution >= 4 is 29.8 Å². The van der Waals surface area contributed by atoms with Gasteiger partial charge in [-0.05, 0) is 48.1 Å². The van der Waals surface area contributed by atoms with Crippen molar-refractivity contribution < 1.29 is 19.1 Å². The van der Waals surface area contributed by atoms with E-state index in [4.69, 9.17) is 9.47 Å². The molecule has 0 saturated carbocycles. The fraction of sp³-hybridized carbons (Fsp3) is 0.250. The number of carbonyl (C=O) groups is 2. The summed E-state index contributed by atoms with van der Waals surface area (Å²) in [4.78, 5) is 24.8. The summed E-state index contributed by atoms with van der Waals surface area (Å²) in [7, 11) is 3.13. The molecule has 0 bridgehead atoms. The largest absolute Gasteiger partial charge is 0.493 e. The van der Waals surface area contributed by atoms with Crippen LogP contribution in [0.25, 0.3) is 0 Å². The molecule has 0 atom stereocenters. The minimum absolute atomic E-state index is 0.307. The van der Waals surface area contributed by atoms with E-state index < -0.39 is 11.8 Å². The molecule has 0 aliphatic carbocycles. The third kappa shape index (κ3) is 6.31. The zero-order chi connectivity index (χ0) is 20.4. The predicted molar refractivity (Wildman–Crippen MR) is 110 cm³/mol. The molecule has 28 heavy (non-hydrogen) atoms. The number of nitrogens with zero attached hydrogens (tertiary/aromatic N) is 1. The quantitative estimate of drug-likeness (QED) is 0.306. The van der Waals surface area contributed by atoms with Crippen molar-refractivity contribution in [3.8, 4) is 11.5 Å². The van der Waals surface area contributed by atoms with Crippen LogP contribution in [0.5, 0.6) is 11.5 Å². The average Bonchev–Trinajstić information content (AvgIpc) is 2.73. The predicted octanol–water partition coefficient (Wildman–Crippen LogP) is 2.23. The van der Waals surface area contributed by atoms with Crippen LogP contribution >= 0.6 is 11.8 Å². The van der Waals surface area contributed by atoms with E-state index in [1.54, 1.807) is 32.0 Å². The van der Waals surface area contributed by atoms with E-state index in [2.05, 4.69) is 15.8 Å². The number of hydrazone groups is 1. The molecule has 2 aromatic rings. The Morgan fingerprint density at radius 3 is 2.39 bits per heavy atom. The second-order valence-corrected chi connectivity index (χ2v) is 6.55. The van der Waals surface area contributed by atoms with Crippen LogP contribution in [0, 0.1) is 0 Å². The summed E-state index contributed by atoms with van der Waals surface area (Å²) in [6.07, 6.45) is 4.02. The highest BCUT2D eigenvalue weighted by Crippen LogP contribution is 2.27. The highest BCUT2D eigenvalue weighted by Gasteiger charge is 2.12. The van der Waals surface area contributed by atoms with Gasteiger partial charge in [0.2, 0.25) is 0 Å². The minimum Gasteiger partial charge on any atom is -0.493 e. The number of nitrogens with one attached hydrogen (secondary N) is 2. The van der Waals surface area contributed by atoms with Crippen molar-refractivity contribution in [3.05, 3.63) is 53.6 Å². The van der Waals surface area contributed by atoms with E-state index >= 15 is 0 Å². The molecule has 0 aliphatic rings. The Hall–Kier alpha value is -3.00. The maximum atomic E-state index is 11.8. The van der Waals surface area contributed by atoms with Gasteiger partial charge in [-0.3, -0.25) is 9.59 Å². The summed E-state index contributed by atoms with van der Waals surface area (Å²) in [6.45, 7) is 0.307. The minimum atomic E-state index is -0.815. The van der Waals surface area contributed by atoms with Gasteiger partial charge in [-0.25, -0.2) is 5.43 Å². The van der Waals surface area contributed by atoms with Gasteiger partial charge >= 0.3 is 11.8 Å². The number of hydrogen-bond acceptors (Lipinski definition) is 6. The highest BCUT2D eigenvalue weighted by atomic mass is 32.2. The number of carbonyl (C=O) groups excluding carboxylic acids is 2. The van der Waals surface area contributed by atoms with Crippen molar-refractivity contribution in [1.29, 1.82) is 0 Å². The number of amides is 2. The van der Waals surface area contributed by atoms with E-state index in [9.17, 15) is 9.59 Å². The zero-order valence-corrected chi connectivity index (χ0v) is 16.8. The summed E-state index contributed by atoms with van der Waals surface area (Å²) in [5, 5.41) is 6.36. The summed E-state index contributed by atoms with van der Waals surface area (Å²) in [5.74, 6) is -0.306. The lowest BCUT2D eigenvalue weighted by Crippen LogP contribution is -2.38. The van der Waals surface area contributed by atoms with Gasteiger partial charge in [0, 0.05) is 11.4 Å². The standard InChI is InChI=1S/C20H23N3O4S/c1-26-17-9-6-14(12-18(17)27-2)10-11-21-19(24)20(25)23-22-13-15-4-7-16(28-3)8-5-15/h4-9,12-13H,10-11H2,1-3H3,(H,21,24)(H,23,25)/b22-13-. The topological polar surface area (TPSA) is 89.0 Å². The van der Waals surface area contributed by atoms with Gasteiger partial charge in [0.25, 0.3) is 0 Å². The maximum Gasteiger partial charge on any atom is 0.329 e. The molecule has 0 unspecified atom stereocenters. The van der Waals surface area contributed by atoms with Crippen molar-refractivity contribution in [2.75, 3.05) is 27.0 Å². The van der Waals surface area contributed by atoms with Crippen LogP contribution in [0.4, 0.5) is 0 Å². The zero-order valence-electron chi connectivity index (χ0n) is 16.0. The van der Waals surface area contributed by atoms with Gasteiger partial charge in [0.05, 0.1) is 20.4 Å². The van der Waals surface area contributed by atoms with Gasteiger partial charge < -0.3 is 14.8 Å². The van der Waals surface area contributed by atoms with E-state index in [0.29, 0.717) is 24.5 Å². The van der Waals surface area contributed by atoms with Crippen molar-refractivity contribution in [2.24, 2.45) is 5.10 Å². The first kappa shape index (κ1) is 21.3. The molecule has 0 radical (unpaired) electrons. The Morgan fingerprint density at radius 1 is 1.04 bits per heavy atom. The summed E-state index contributed by atoms with van der Waals surface area (Å²) in [6, 6.07) is 13.2. The maximum absolute atomic E-state index is 11.8. The van der Waals surface area contributed by atoms with E-state index in [0.717, 1.165) is 16.0 Å². The molecule has 7 nitrogen and oxygen atoms in total. The number of benzene rings is 2. The number of thioether (sulfide) groups is 1. The third-order valence-electron chi connectivity index (χ3n) is 3.85. The summed E-state index contributed by atoms with van der Waals surface area (Å²) < 4.78 is 10.4. The molecule has 8 heteroatoms. The highest BCUT2D eigenvalue weighted by molar-refractivity contribution is 7.98. The van der Waals surface area contributed by atoms with Crippen LogP contribution in [-0.2, 0) is 16.0 Å². The summed E-state index contributed by atoms with van der Waals surface area (Å²) >= 11 is 1.64. The molecular formula is C20H23N3O4S. The second-order valence-electron chi connectivity index (χ2n) is 5.67. The monoisotopic (exact) mass is 401 g/mol. The van der Waals surface area contributed by atoms with Crippen LogP contribution in [0.3, 0.4) is 0 Å². The molecule has 0 spiro atoms. The van der Waals surface area contributed by atoms with E-state index in [-0.39, 0.29) is 0 Å². The Balaban J connectivity index is 1.77. The first-order chi connectivity index (χ1) is 13.6. The normalized spacial score (nSPS) is 10.5. The van der Waals surface area contributed by atoms with Crippen molar-refractivity contribution in [2.45, 2.75) is 11.3 Å². The molecule has 0 aliphatic heterocycles. The van der Waals surface area contributed by atoms with Crippen molar-refractivity contribution in [3.63, 3.8) is 0 Å². The van der Waals surface area contributed by atoms with E-state index in [1.807, 2.05) is 42.7 Å². The van der Waals surface area contributed by atoms with E-state index in [1.165, 1.54) is 6.21 Å². The second kappa shape index (κ2) is 11.0. The first-order valence-corrected chi connectivity index (χ1v) is 9.76. The van der Waals surface area contributed by atoms with Gasteiger partial charge in [-0.2, -0.15) is 5.10 Å². The Kier molecular flexibility index (Phi) is 8.36. The Labute approximate surface area is 168 Å². The lowest BCUT2D eigenvalue weighted by Gasteiger charge is -2.10.